The minimum absolute atomic E-state index is 0.0195. The third kappa shape index (κ3) is 5.73. The van der Waals surface area contributed by atoms with Crippen molar-refractivity contribution in [2.45, 2.75) is 32.6 Å². The number of hydrogen-bond donors (Lipinski definition) is 2. The average Bonchev–Trinajstić information content (AvgIpc) is 3.12. The van der Waals surface area contributed by atoms with Crippen LogP contribution in [0, 0.1) is 0 Å². The Hall–Kier alpha value is -3.03. The molecule has 2 aromatic carbocycles. The van der Waals surface area contributed by atoms with E-state index in [1.807, 2.05) is 18.2 Å². The fourth-order valence-corrected chi connectivity index (χ4v) is 3.11. The van der Waals surface area contributed by atoms with E-state index in [1.165, 1.54) is 11.6 Å². The Morgan fingerprint density at radius 3 is 2.76 bits per heavy atom. The molecule has 0 spiro atoms. The molecule has 156 valence electrons. The normalized spacial score (nSPS) is 15.6. The van der Waals surface area contributed by atoms with Crippen LogP contribution in [0.15, 0.2) is 47.5 Å². The third-order valence-electron chi connectivity index (χ3n) is 4.42. The van der Waals surface area contributed by atoms with Crippen LogP contribution in [0.25, 0.3) is 0 Å². The summed E-state index contributed by atoms with van der Waals surface area (Å²) in [5, 5.41) is 6.45. The van der Waals surface area contributed by atoms with Gasteiger partial charge in [0.05, 0.1) is 13.2 Å². The summed E-state index contributed by atoms with van der Waals surface area (Å²) >= 11 is 0. The minimum atomic E-state index is -2.90. The van der Waals surface area contributed by atoms with Crippen LogP contribution in [0.2, 0.25) is 0 Å². The van der Waals surface area contributed by atoms with Gasteiger partial charge >= 0.3 is 6.61 Å². The molecule has 0 bridgehead atoms. The quantitative estimate of drug-likeness (QED) is 0.521. The highest BCUT2D eigenvalue weighted by Gasteiger charge is 2.22. The van der Waals surface area contributed by atoms with Crippen molar-refractivity contribution in [1.82, 2.24) is 10.6 Å². The molecule has 1 heterocycles. The number of aliphatic imine (C=N–C) groups is 1. The molecular weight excluding hydrogens is 380 g/mol. The van der Waals surface area contributed by atoms with Gasteiger partial charge < -0.3 is 24.8 Å². The second kappa shape index (κ2) is 9.95. The van der Waals surface area contributed by atoms with E-state index in [4.69, 9.17) is 9.47 Å². The second-order valence-electron chi connectivity index (χ2n) is 6.45. The lowest BCUT2D eigenvalue weighted by molar-refractivity contribution is -0.0514. The Morgan fingerprint density at radius 1 is 1.21 bits per heavy atom. The number of nitrogens with zero attached hydrogens (tertiary/aromatic N) is 1. The maximum Gasteiger partial charge on any atom is 0.387 e. The molecule has 8 heteroatoms. The molecule has 3 rings (SSSR count). The first-order chi connectivity index (χ1) is 14.1. The van der Waals surface area contributed by atoms with Crippen molar-refractivity contribution in [3.8, 4) is 17.2 Å². The van der Waals surface area contributed by atoms with Crippen molar-refractivity contribution >= 4 is 5.96 Å². The van der Waals surface area contributed by atoms with Crippen molar-refractivity contribution in [2.24, 2.45) is 4.99 Å². The molecule has 0 radical (unpaired) electrons. The van der Waals surface area contributed by atoms with Gasteiger partial charge in [-0.1, -0.05) is 24.3 Å². The lowest BCUT2D eigenvalue weighted by Crippen LogP contribution is -2.41. The molecule has 6 nitrogen and oxygen atoms in total. The van der Waals surface area contributed by atoms with E-state index in [-0.39, 0.29) is 17.6 Å². The lowest BCUT2D eigenvalue weighted by atomic mass is 10.1. The Kier molecular flexibility index (Phi) is 7.10. The summed E-state index contributed by atoms with van der Waals surface area (Å²) in [7, 11) is 1.69. The van der Waals surface area contributed by atoms with E-state index < -0.39 is 6.61 Å². The highest BCUT2D eigenvalue weighted by molar-refractivity contribution is 5.79. The van der Waals surface area contributed by atoms with E-state index in [0.29, 0.717) is 25.7 Å². The molecule has 0 amide bonds. The average molecular weight is 405 g/mol. The molecule has 0 fully saturated rings. The van der Waals surface area contributed by atoms with E-state index in [9.17, 15) is 8.78 Å². The van der Waals surface area contributed by atoms with Gasteiger partial charge in [-0.2, -0.15) is 8.78 Å². The van der Waals surface area contributed by atoms with E-state index in [0.717, 1.165) is 17.7 Å². The summed E-state index contributed by atoms with van der Waals surface area (Å²) in [6, 6.07) is 12.9. The first-order valence-electron chi connectivity index (χ1n) is 9.48. The zero-order valence-electron chi connectivity index (χ0n) is 16.5. The van der Waals surface area contributed by atoms with Crippen molar-refractivity contribution in [3.63, 3.8) is 0 Å². The van der Waals surface area contributed by atoms with Gasteiger partial charge in [-0.15, -0.1) is 0 Å². The van der Waals surface area contributed by atoms with Crippen molar-refractivity contribution in [2.75, 3.05) is 20.2 Å². The van der Waals surface area contributed by atoms with Gasteiger partial charge in [0, 0.05) is 20.0 Å². The Balaban J connectivity index is 1.52. The van der Waals surface area contributed by atoms with Crippen LogP contribution in [0.3, 0.4) is 0 Å². The summed E-state index contributed by atoms with van der Waals surface area (Å²) in [5.74, 6) is 1.85. The maximum atomic E-state index is 12.5. The third-order valence-corrected chi connectivity index (χ3v) is 4.42. The predicted octanol–water partition coefficient (Wildman–Crippen LogP) is 3.36. The predicted molar refractivity (Wildman–Crippen MR) is 107 cm³/mol. The molecule has 1 aliphatic heterocycles. The van der Waals surface area contributed by atoms with Crippen molar-refractivity contribution in [3.05, 3.63) is 53.6 Å². The number of halogens is 2. The van der Waals surface area contributed by atoms with Crippen LogP contribution in [-0.2, 0) is 13.0 Å². The molecule has 0 saturated carbocycles. The van der Waals surface area contributed by atoms with Gasteiger partial charge in [0.1, 0.15) is 11.9 Å². The molecule has 29 heavy (non-hydrogen) atoms. The zero-order valence-corrected chi connectivity index (χ0v) is 16.5. The van der Waals surface area contributed by atoms with Gasteiger partial charge in [0.25, 0.3) is 0 Å². The standard InChI is InChI=1S/C21H25F2N3O3/c1-3-27-19-10-14(8-9-18(19)29-20(22)23)12-25-21(24-2)26-13-16-11-15-6-4-5-7-17(15)28-16/h4-10,16,20H,3,11-13H2,1-2H3,(H2,24,25,26). The minimum Gasteiger partial charge on any atom is -0.490 e. The van der Waals surface area contributed by atoms with Gasteiger partial charge in [0.2, 0.25) is 0 Å². The number of guanidine groups is 1. The molecule has 0 aromatic heterocycles. The smallest absolute Gasteiger partial charge is 0.387 e. The highest BCUT2D eigenvalue weighted by atomic mass is 19.3. The summed E-state index contributed by atoms with van der Waals surface area (Å²) < 4.78 is 40.9. The molecule has 0 aliphatic carbocycles. The van der Waals surface area contributed by atoms with E-state index in [1.54, 1.807) is 26.1 Å². The lowest BCUT2D eigenvalue weighted by Gasteiger charge is -2.16. The van der Waals surface area contributed by atoms with E-state index >= 15 is 0 Å². The van der Waals surface area contributed by atoms with Crippen molar-refractivity contribution < 1.29 is 23.0 Å². The molecule has 1 unspecified atom stereocenters. The number of hydrogen-bond acceptors (Lipinski definition) is 4. The summed E-state index contributed by atoms with van der Waals surface area (Å²) in [5.41, 5.74) is 2.05. The van der Waals surface area contributed by atoms with Crippen molar-refractivity contribution in [1.29, 1.82) is 0 Å². The Morgan fingerprint density at radius 2 is 2.03 bits per heavy atom. The largest absolute Gasteiger partial charge is 0.490 e. The summed E-state index contributed by atoms with van der Waals surface area (Å²) in [6.07, 6.45) is 0.894. The zero-order chi connectivity index (χ0) is 20.6. The fraction of sp³-hybridized carbons (Fsp3) is 0.381. The Labute approximate surface area is 168 Å². The molecule has 1 aliphatic rings. The van der Waals surface area contributed by atoms with Crippen LogP contribution in [0.4, 0.5) is 8.78 Å². The number of fused-ring (bicyclic) bond motifs is 1. The van der Waals surface area contributed by atoms with Crippen LogP contribution < -0.4 is 24.8 Å². The van der Waals surface area contributed by atoms with Crippen LogP contribution in [0.1, 0.15) is 18.1 Å². The fourth-order valence-electron chi connectivity index (χ4n) is 3.11. The van der Waals surface area contributed by atoms with Gasteiger partial charge in [-0.05, 0) is 36.2 Å². The number of nitrogens with one attached hydrogen (secondary N) is 2. The number of para-hydroxylation sites is 1. The number of rotatable bonds is 8. The maximum absolute atomic E-state index is 12.5. The number of alkyl halides is 2. The highest BCUT2D eigenvalue weighted by Crippen LogP contribution is 2.30. The molecule has 2 aromatic rings. The first-order valence-corrected chi connectivity index (χ1v) is 9.48. The van der Waals surface area contributed by atoms with Crippen LogP contribution in [0.5, 0.6) is 17.2 Å². The van der Waals surface area contributed by atoms with Crippen LogP contribution in [-0.4, -0.2) is 38.9 Å². The summed E-state index contributed by atoms with van der Waals surface area (Å²) in [4.78, 5) is 4.21. The first kappa shape index (κ1) is 20.7. The molecule has 1 atom stereocenters. The SMILES string of the molecule is CCOc1cc(CNC(=NC)NCC2Cc3ccccc3O2)ccc1OC(F)F. The Bertz CT molecular complexity index is 821. The monoisotopic (exact) mass is 405 g/mol. The van der Waals surface area contributed by atoms with Gasteiger partial charge in [0.15, 0.2) is 17.5 Å². The molecule has 2 N–H and O–H groups in total. The van der Waals surface area contributed by atoms with Crippen LogP contribution >= 0.6 is 0 Å². The summed E-state index contributed by atoms with van der Waals surface area (Å²) in [6.45, 7) is 0.292. The topological polar surface area (TPSA) is 64.1 Å². The number of ether oxygens (including phenoxy) is 3. The second-order valence-corrected chi connectivity index (χ2v) is 6.45. The molecular formula is C21H25F2N3O3. The number of benzene rings is 2. The van der Waals surface area contributed by atoms with E-state index in [2.05, 4.69) is 26.4 Å². The van der Waals surface area contributed by atoms with Gasteiger partial charge in [-0.3, -0.25) is 4.99 Å². The van der Waals surface area contributed by atoms with Gasteiger partial charge in [-0.25, -0.2) is 0 Å². The molecule has 0 saturated heterocycles.